The largest absolute Gasteiger partial charge is 0.382 e. The predicted molar refractivity (Wildman–Crippen MR) is 57.1 cm³/mol. The van der Waals surface area contributed by atoms with Gasteiger partial charge in [0.2, 0.25) is 0 Å². The Morgan fingerprint density at radius 1 is 1.43 bits per heavy atom. The second-order valence-corrected chi connectivity index (χ2v) is 3.99. The lowest BCUT2D eigenvalue weighted by Gasteiger charge is -2.30. The van der Waals surface area contributed by atoms with E-state index in [-0.39, 0.29) is 0 Å². The second-order valence-electron chi connectivity index (χ2n) is 3.99. The zero-order valence-electron chi connectivity index (χ0n) is 8.48. The third-order valence-corrected chi connectivity index (χ3v) is 2.82. The quantitative estimate of drug-likeness (QED) is 0.784. The molecule has 76 valence electrons. The number of rotatable bonds is 3. The van der Waals surface area contributed by atoms with Crippen LogP contribution in [0.1, 0.15) is 19.3 Å². The molecule has 14 heavy (non-hydrogen) atoms. The highest BCUT2D eigenvalue weighted by molar-refractivity contribution is 5.40. The Bertz CT molecular complexity index is 291. The van der Waals surface area contributed by atoms with Crippen LogP contribution < -0.4 is 10.6 Å². The number of nitrogens with two attached hydrogens (primary N) is 1. The molecule has 0 aliphatic heterocycles. The topological polar surface area (TPSA) is 55.0 Å². The van der Waals surface area contributed by atoms with Crippen LogP contribution in [-0.2, 0) is 0 Å². The van der Waals surface area contributed by atoms with Crippen LogP contribution in [0.15, 0.2) is 12.1 Å². The molecule has 2 N–H and O–H groups in total. The summed E-state index contributed by atoms with van der Waals surface area (Å²) < 4.78 is 0. The fourth-order valence-electron chi connectivity index (χ4n) is 1.70. The van der Waals surface area contributed by atoms with Crippen molar-refractivity contribution < 1.29 is 0 Å². The van der Waals surface area contributed by atoms with Gasteiger partial charge in [0.1, 0.15) is 5.82 Å². The SMILES string of the molecule is CN(CC1CCC1)c1ccc(N)nn1. The average Bonchev–Trinajstić information content (AvgIpc) is 2.12. The van der Waals surface area contributed by atoms with Crippen molar-refractivity contribution in [3.05, 3.63) is 12.1 Å². The zero-order valence-corrected chi connectivity index (χ0v) is 8.48. The van der Waals surface area contributed by atoms with E-state index in [1.165, 1.54) is 19.3 Å². The molecular weight excluding hydrogens is 176 g/mol. The maximum absolute atomic E-state index is 5.47. The lowest BCUT2D eigenvalue weighted by molar-refractivity contribution is 0.321. The van der Waals surface area contributed by atoms with Crippen molar-refractivity contribution >= 4 is 11.6 Å². The molecule has 4 nitrogen and oxygen atoms in total. The van der Waals surface area contributed by atoms with Crippen LogP contribution >= 0.6 is 0 Å². The van der Waals surface area contributed by atoms with Gasteiger partial charge in [0.25, 0.3) is 0 Å². The van der Waals surface area contributed by atoms with E-state index in [4.69, 9.17) is 5.73 Å². The molecule has 0 radical (unpaired) electrons. The summed E-state index contributed by atoms with van der Waals surface area (Å²) in [6.07, 6.45) is 4.09. The summed E-state index contributed by atoms with van der Waals surface area (Å²) in [6.45, 7) is 1.08. The van der Waals surface area contributed by atoms with E-state index in [0.717, 1.165) is 18.3 Å². The first kappa shape index (κ1) is 9.24. The van der Waals surface area contributed by atoms with Crippen molar-refractivity contribution in [3.63, 3.8) is 0 Å². The van der Waals surface area contributed by atoms with Gasteiger partial charge in [-0.05, 0) is 30.9 Å². The first-order chi connectivity index (χ1) is 6.75. The molecule has 1 saturated carbocycles. The molecule has 0 atom stereocenters. The van der Waals surface area contributed by atoms with Gasteiger partial charge in [0, 0.05) is 13.6 Å². The average molecular weight is 192 g/mol. The number of nitrogens with zero attached hydrogens (tertiary/aromatic N) is 3. The van der Waals surface area contributed by atoms with Crippen LogP contribution in [0.2, 0.25) is 0 Å². The Morgan fingerprint density at radius 2 is 2.21 bits per heavy atom. The Hall–Kier alpha value is -1.32. The highest BCUT2D eigenvalue weighted by Crippen LogP contribution is 2.27. The van der Waals surface area contributed by atoms with Gasteiger partial charge in [0.05, 0.1) is 0 Å². The maximum atomic E-state index is 5.47. The van der Waals surface area contributed by atoms with Gasteiger partial charge in [-0.15, -0.1) is 10.2 Å². The van der Waals surface area contributed by atoms with Crippen molar-refractivity contribution in [2.24, 2.45) is 5.92 Å². The Morgan fingerprint density at radius 3 is 2.71 bits per heavy atom. The number of hydrogen-bond donors (Lipinski definition) is 1. The van der Waals surface area contributed by atoms with E-state index in [9.17, 15) is 0 Å². The van der Waals surface area contributed by atoms with E-state index >= 15 is 0 Å². The van der Waals surface area contributed by atoms with E-state index < -0.39 is 0 Å². The summed E-state index contributed by atoms with van der Waals surface area (Å²) in [5, 5.41) is 7.88. The summed E-state index contributed by atoms with van der Waals surface area (Å²) in [5.41, 5.74) is 5.47. The number of anilines is 2. The van der Waals surface area contributed by atoms with E-state index in [1.807, 2.05) is 6.07 Å². The van der Waals surface area contributed by atoms with Crippen LogP contribution in [-0.4, -0.2) is 23.8 Å². The smallest absolute Gasteiger partial charge is 0.151 e. The Kier molecular flexibility index (Phi) is 2.52. The number of nitrogen functional groups attached to an aromatic ring is 1. The van der Waals surface area contributed by atoms with Gasteiger partial charge in [-0.3, -0.25) is 0 Å². The third kappa shape index (κ3) is 1.95. The van der Waals surface area contributed by atoms with E-state index in [1.54, 1.807) is 6.07 Å². The van der Waals surface area contributed by atoms with Crippen molar-refractivity contribution in [1.82, 2.24) is 10.2 Å². The minimum atomic E-state index is 0.478. The molecule has 2 rings (SSSR count). The predicted octanol–water partition coefficient (Wildman–Crippen LogP) is 1.30. The zero-order chi connectivity index (χ0) is 9.97. The third-order valence-electron chi connectivity index (χ3n) is 2.82. The Labute approximate surface area is 84.1 Å². The maximum Gasteiger partial charge on any atom is 0.151 e. The highest BCUT2D eigenvalue weighted by atomic mass is 15.3. The normalized spacial score (nSPS) is 16.4. The second kappa shape index (κ2) is 3.82. The van der Waals surface area contributed by atoms with Crippen molar-refractivity contribution in [2.45, 2.75) is 19.3 Å². The first-order valence-electron chi connectivity index (χ1n) is 5.06. The molecule has 1 aromatic heterocycles. The van der Waals surface area contributed by atoms with Crippen molar-refractivity contribution in [2.75, 3.05) is 24.2 Å². The molecule has 0 amide bonds. The molecule has 1 aliphatic carbocycles. The number of aromatic nitrogens is 2. The molecule has 0 saturated heterocycles. The van der Waals surface area contributed by atoms with Crippen LogP contribution in [0.5, 0.6) is 0 Å². The summed E-state index contributed by atoms with van der Waals surface area (Å²) in [5.74, 6) is 2.23. The summed E-state index contributed by atoms with van der Waals surface area (Å²) >= 11 is 0. The molecule has 1 aliphatic rings. The molecule has 0 unspecified atom stereocenters. The summed E-state index contributed by atoms with van der Waals surface area (Å²) in [4.78, 5) is 2.15. The first-order valence-corrected chi connectivity index (χ1v) is 5.06. The van der Waals surface area contributed by atoms with E-state index in [2.05, 4.69) is 22.1 Å². The van der Waals surface area contributed by atoms with Gasteiger partial charge in [-0.2, -0.15) is 0 Å². The van der Waals surface area contributed by atoms with Crippen molar-refractivity contribution in [3.8, 4) is 0 Å². The van der Waals surface area contributed by atoms with Crippen LogP contribution in [0, 0.1) is 5.92 Å². The minimum Gasteiger partial charge on any atom is -0.382 e. The van der Waals surface area contributed by atoms with E-state index in [0.29, 0.717) is 5.82 Å². The van der Waals surface area contributed by atoms with Gasteiger partial charge in [0.15, 0.2) is 5.82 Å². The molecule has 1 heterocycles. The van der Waals surface area contributed by atoms with Gasteiger partial charge in [-0.1, -0.05) is 6.42 Å². The Balaban J connectivity index is 1.95. The lowest BCUT2D eigenvalue weighted by atomic mass is 9.85. The molecule has 0 aromatic carbocycles. The molecule has 1 aromatic rings. The molecule has 1 fully saturated rings. The lowest BCUT2D eigenvalue weighted by Crippen LogP contribution is -2.29. The molecule has 0 bridgehead atoms. The van der Waals surface area contributed by atoms with Crippen molar-refractivity contribution in [1.29, 1.82) is 0 Å². The van der Waals surface area contributed by atoms with Gasteiger partial charge in [-0.25, -0.2) is 0 Å². The summed E-state index contributed by atoms with van der Waals surface area (Å²) in [7, 11) is 2.05. The minimum absolute atomic E-state index is 0.478. The monoisotopic (exact) mass is 192 g/mol. The molecule has 0 spiro atoms. The summed E-state index contributed by atoms with van der Waals surface area (Å²) in [6, 6.07) is 3.71. The molecule has 4 heteroatoms. The van der Waals surface area contributed by atoms with Gasteiger partial charge < -0.3 is 10.6 Å². The van der Waals surface area contributed by atoms with Crippen LogP contribution in [0.3, 0.4) is 0 Å². The van der Waals surface area contributed by atoms with Crippen LogP contribution in [0.25, 0.3) is 0 Å². The van der Waals surface area contributed by atoms with Gasteiger partial charge >= 0.3 is 0 Å². The molecular formula is C10H16N4. The highest BCUT2D eigenvalue weighted by Gasteiger charge is 2.19. The van der Waals surface area contributed by atoms with Crippen LogP contribution in [0.4, 0.5) is 11.6 Å². The fourth-order valence-corrected chi connectivity index (χ4v) is 1.70. The standard InChI is InChI=1S/C10H16N4/c1-14(7-8-3-2-4-8)10-6-5-9(11)12-13-10/h5-6,8H,2-4,7H2,1H3,(H2,11,12). The fraction of sp³-hybridized carbons (Fsp3) is 0.600. The number of hydrogen-bond acceptors (Lipinski definition) is 4.